The molecule has 0 unspecified atom stereocenters. The maximum atomic E-state index is 11.6. The Morgan fingerprint density at radius 1 is 1.16 bits per heavy atom. The third kappa shape index (κ3) is 3.48. The van der Waals surface area contributed by atoms with Crippen molar-refractivity contribution in [3.63, 3.8) is 0 Å². The number of nitrogens with one attached hydrogen (secondary N) is 1. The summed E-state index contributed by atoms with van der Waals surface area (Å²) >= 11 is 0. The molecule has 4 nitrogen and oxygen atoms in total. The van der Waals surface area contributed by atoms with Crippen LogP contribution in [0.2, 0.25) is 0 Å². The molecule has 4 heteroatoms. The first-order valence-corrected chi connectivity index (χ1v) is 8.41. The first-order valence-electron chi connectivity index (χ1n) is 8.41. The molecule has 25 heavy (non-hydrogen) atoms. The van der Waals surface area contributed by atoms with Gasteiger partial charge in [-0.15, -0.1) is 0 Å². The second-order valence-corrected chi connectivity index (χ2v) is 6.01. The van der Waals surface area contributed by atoms with Crippen molar-refractivity contribution in [1.29, 1.82) is 0 Å². The third-order valence-corrected chi connectivity index (χ3v) is 4.41. The Balaban J connectivity index is 2.06. The Kier molecular flexibility index (Phi) is 4.98. The van der Waals surface area contributed by atoms with Crippen molar-refractivity contribution in [3.05, 3.63) is 59.9 Å². The monoisotopic (exact) mass is 334 g/mol. The minimum Gasteiger partial charge on any atom is -0.496 e. The molecule has 0 bridgehead atoms. The lowest BCUT2D eigenvalue weighted by Crippen LogP contribution is -2.21. The second kappa shape index (κ2) is 7.34. The van der Waals surface area contributed by atoms with E-state index in [-0.39, 0.29) is 5.91 Å². The van der Waals surface area contributed by atoms with Crippen LogP contribution in [0.15, 0.2) is 48.8 Å². The van der Waals surface area contributed by atoms with E-state index in [0.717, 1.165) is 38.8 Å². The van der Waals surface area contributed by atoms with E-state index in [2.05, 4.69) is 34.6 Å². The summed E-state index contributed by atoms with van der Waals surface area (Å²) in [5, 5.41) is 5.13. The van der Waals surface area contributed by atoms with Gasteiger partial charge >= 0.3 is 0 Å². The van der Waals surface area contributed by atoms with Gasteiger partial charge in [-0.3, -0.25) is 9.78 Å². The van der Waals surface area contributed by atoms with Crippen molar-refractivity contribution in [3.8, 4) is 16.9 Å². The van der Waals surface area contributed by atoms with Gasteiger partial charge in [-0.1, -0.05) is 25.1 Å². The number of benzene rings is 2. The molecule has 3 aromatic rings. The number of hydrogen-bond acceptors (Lipinski definition) is 3. The van der Waals surface area contributed by atoms with Gasteiger partial charge < -0.3 is 10.1 Å². The van der Waals surface area contributed by atoms with Crippen LogP contribution in [0.25, 0.3) is 21.9 Å². The van der Waals surface area contributed by atoms with Crippen LogP contribution in [0.1, 0.15) is 24.5 Å². The van der Waals surface area contributed by atoms with Crippen molar-refractivity contribution in [2.75, 3.05) is 7.11 Å². The highest BCUT2D eigenvalue weighted by molar-refractivity contribution is 5.98. The highest BCUT2D eigenvalue weighted by Crippen LogP contribution is 2.32. The molecule has 0 saturated carbocycles. The molecule has 0 radical (unpaired) electrons. The zero-order chi connectivity index (χ0) is 17.8. The summed E-state index contributed by atoms with van der Waals surface area (Å²) in [6, 6.07) is 12.4. The maximum absolute atomic E-state index is 11.6. The maximum Gasteiger partial charge on any atom is 0.219 e. The summed E-state index contributed by atoms with van der Waals surface area (Å²) in [5.74, 6) is 0.931. The fourth-order valence-electron chi connectivity index (χ4n) is 3.02. The number of pyridine rings is 1. The smallest absolute Gasteiger partial charge is 0.219 e. The lowest BCUT2D eigenvalue weighted by atomic mass is 9.95. The Morgan fingerprint density at radius 3 is 2.72 bits per heavy atom. The number of ether oxygens (including phenoxy) is 1. The molecule has 0 aliphatic carbocycles. The molecule has 128 valence electrons. The zero-order valence-electron chi connectivity index (χ0n) is 14.8. The van der Waals surface area contributed by atoms with E-state index in [0.29, 0.717) is 13.0 Å². The average Bonchev–Trinajstić information content (AvgIpc) is 2.65. The standard InChI is InChI=1S/C21H22N2O2/c1-4-21(24)23-12-16-5-7-17(18-9-10-22-13-19(16)18)15-6-8-20(25-3)14(2)11-15/h5-11,13H,4,12H2,1-3H3,(H,23,24). The molecule has 0 aliphatic rings. The quantitative estimate of drug-likeness (QED) is 0.759. The summed E-state index contributed by atoms with van der Waals surface area (Å²) in [6.07, 6.45) is 4.15. The minimum atomic E-state index is 0.0481. The number of fused-ring (bicyclic) bond motifs is 1. The number of aryl methyl sites for hydroxylation is 1. The Hall–Kier alpha value is -2.88. The normalized spacial score (nSPS) is 10.7. The Labute approximate surface area is 147 Å². The van der Waals surface area contributed by atoms with Gasteiger partial charge in [-0.05, 0) is 52.8 Å². The van der Waals surface area contributed by atoms with Gasteiger partial charge in [-0.25, -0.2) is 0 Å². The van der Waals surface area contributed by atoms with E-state index in [4.69, 9.17) is 4.74 Å². The summed E-state index contributed by atoms with van der Waals surface area (Å²) < 4.78 is 5.36. The fourth-order valence-corrected chi connectivity index (χ4v) is 3.02. The lowest BCUT2D eigenvalue weighted by Gasteiger charge is -2.13. The second-order valence-electron chi connectivity index (χ2n) is 6.01. The van der Waals surface area contributed by atoms with Gasteiger partial charge in [-0.2, -0.15) is 0 Å². The number of rotatable bonds is 5. The highest BCUT2D eigenvalue weighted by Gasteiger charge is 2.10. The van der Waals surface area contributed by atoms with Crippen LogP contribution >= 0.6 is 0 Å². The SMILES string of the molecule is CCC(=O)NCc1ccc(-c2ccc(OC)c(C)c2)c2ccncc12. The molecule has 0 aliphatic heterocycles. The largest absolute Gasteiger partial charge is 0.496 e. The Morgan fingerprint density at radius 2 is 2.00 bits per heavy atom. The zero-order valence-corrected chi connectivity index (χ0v) is 14.8. The van der Waals surface area contributed by atoms with E-state index < -0.39 is 0 Å². The van der Waals surface area contributed by atoms with E-state index in [9.17, 15) is 4.79 Å². The number of methoxy groups -OCH3 is 1. The van der Waals surface area contributed by atoms with Crippen LogP contribution in [-0.2, 0) is 11.3 Å². The van der Waals surface area contributed by atoms with E-state index in [1.807, 2.05) is 32.2 Å². The highest BCUT2D eigenvalue weighted by atomic mass is 16.5. The van der Waals surface area contributed by atoms with Crippen LogP contribution in [-0.4, -0.2) is 18.0 Å². The predicted octanol–water partition coefficient (Wildman–Crippen LogP) is 4.25. The molecule has 2 aromatic carbocycles. The fraction of sp³-hybridized carbons (Fsp3) is 0.238. The van der Waals surface area contributed by atoms with Crippen LogP contribution in [0.3, 0.4) is 0 Å². The molecule has 3 rings (SSSR count). The van der Waals surface area contributed by atoms with Gasteiger partial charge in [0, 0.05) is 30.7 Å². The van der Waals surface area contributed by atoms with Gasteiger partial charge in [0.05, 0.1) is 7.11 Å². The van der Waals surface area contributed by atoms with Crippen molar-refractivity contribution >= 4 is 16.7 Å². The van der Waals surface area contributed by atoms with E-state index >= 15 is 0 Å². The lowest BCUT2D eigenvalue weighted by molar-refractivity contribution is -0.120. The van der Waals surface area contributed by atoms with Crippen LogP contribution in [0, 0.1) is 6.92 Å². The van der Waals surface area contributed by atoms with E-state index in [1.54, 1.807) is 13.3 Å². The minimum absolute atomic E-state index is 0.0481. The summed E-state index contributed by atoms with van der Waals surface area (Å²) in [7, 11) is 1.68. The summed E-state index contributed by atoms with van der Waals surface area (Å²) in [4.78, 5) is 15.8. The van der Waals surface area contributed by atoms with Crippen molar-refractivity contribution in [1.82, 2.24) is 10.3 Å². The molecule has 1 N–H and O–H groups in total. The molecule has 0 atom stereocenters. The van der Waals surface area contributed by atoms with Crippen LogP contribution in [0.4, 0.5) is 0 Å². The summed E-state index contributed by atoms with van der Waals surface area (Å²) in [6.45, 7) is 4.40. The molecule has 1 heterocycles. The number of amides is 1. The molecule has 1 aromatic heterocycles. The number of nitrogens with zero attached hydrogens (tertiary/aromatic N) is 1. The van der Waals surface area contributed by atoms with Gasteiger partial charge in [0.15, 0.2) is 0 Å². The van der Waals surface area contributed by atoms with Crippen molar-refractivity contribution in [2.45, 2.75) is 26.8 Å². The molecule has 0 spiro atoms. The third-order valence-electron chi connectivity index (χ3n) is 4.41. The topological polar surface area (TPSA) is 51.2 Å². The first-order chi connectivity index (χ1) is 12.1. The first kappa shape index (κ1) is 17.0. The van der Waals surface area contributed by atoms with Gasteiger partial charge in [0.25, 0.3) is 0 Å². The predicted molar refractivity (Wildman–Crippen MR) is 101 cm³/mol. The number of carbonyl (C=O) groups excluding carboxylic acids is 1. The molecular weight excluding hydrogens is 312 g/mol. The van der Waals surface area contributed by atoms with Crippen LogP contribution in [0.5, 0.6) is 5.75 Å². The van der Waals surface area contributed by atoms with Gasteiger partial charge in [0.1, 0.15) is 5.75 Å². The number of aromatic nitrogens is 1. The van der Waals surface area contributed by atoms with Crippen LogP contribution < -0.4 is 10.1 Å². The Bertz CT molecular complexity index is 919. The molecule has 0 fully saturated rings. The van der Waals surface area contributed by atoms with Gasteiger partial charge in [0.2, 0.25) is 5.91 Å². The van der Waals surface area contributed by atoms with E-state index in [1.165, 1.54) is 0 Å². The molecule has 1 amide bonds. The molecular formula is C21H22N2O2. The van der Waals surface area contributed by atoms with Crippen molar-refractivity contribution in [2.24, 2.45) is 0 Å². The molecule has 0 saturated heterocycles. The summed E-state index contributed by atoms with van der Waals surface area (Å²) in [5.41, 5.74) is 4.45. The average molecular weight is 334 g/mol. The number of carbonyl (C=O) groups is 1. The number of hydrogen-bond donors (Lipinski definition) is 1. The van der Waals surface area contributed by atoms with Crippen molar-refractivity contribution < 1.29 is 9.53 Å².